The number of nitrogens with zero attached hydrogens (tertiary/aromatic N) is 1. The summed E-state index contributed by atoms with van der Waals surface area (Å²) < 4.78 is 6.58. The first-order valence-corrected chi connectivity index (χ1v) is 10.6. The first kappa shape index (κ1) is 18.7. The molecule has 6 nitrogen and oxygen atoms in total. The van der Waals surface area contributed by atoms with Gasteiger partial charge in [-0.2, -0.15) is 0 Å². The fourth-order valence-electron chi connectivity index (χ4n) is 3.76. The summed E-state index contributed by atoms with van der Waals surface area (Å²) in [6.45, 7) is 2.01. The Bertz CT molecular complexity index is 1280. The molecule has 0 spiro atoms. The van der Waals surface area contributed by atoms with E-state index in [0.29, 0.717) is 33.6 Å². The van der Waals surface area contributed by atoms with Crippen molar-refractivity contribution < 1.29 is 4.42 Å². The van der Waals surface area contributed by atoms with E-state index in [0.717, 1.165) is 41.5 Å². The molecule has 1 atom stereocenters. The van der Waals surface area contributed by atoms with Gasteiger partial charge in [-0.25, -0.2) is 4.98 Å². The second kappa shape index (κ2) is 7.48. The standard InChI is InChI=1S/C21H18BrClN4O2/c22-11-3-6-17-15(8-11)18-19(29-17)21(28)27-20(26-18)14-5-4-12(9-16(14)23)25-13-2-1-7-24-10-13/h3-6,8-9,13,24-25H,1-2,7,10H2,(H,26,27,28). The van der Waals surface area contributed by atoms with Crippen molar-refractivity contribution in [3.63, 3.8) is 0 Å². The molecule has 0 saturated carbocycles. The zero-order chi connectivity index (χ0) is 20.0. The Morgan fingerprint density at radius 1 is 1.24 bits per heavy atom. The van der Waals surface area contributed by atoms with E-state index in [4.69, 9.17) is 16.0 Å². The van der Waals surface area contributed by atoms with Gasteiger partial charge in [-0.05, 0) is 55.8 Å². The average molecular weight is 474 g/mol. The van der Waals surface area contributed by atoms with E-state index in [-0.39, 0.29) is 11.1 Å². The summed E-state index contributed by atoms with van der Waals surface area (Å²) in [4.78, 5) is 20.1. The molecule has 1 fully saturated rings. The van der Waals surface area contributed by atoms with Crippen LogP contribution in [0.5, 0.6) is 0 Å². The summed E-state index contributed by atoms with van der Waals surface area (Å²) in [5, 5.41) is 8.20. The molecule has 148 valence electrons. The number of anilines is 1. The molecule has 0 bridgehead atoms. The summed E-state index contributed by atoms with van der Waals surface area (Å²) in [6.07, 6.45) is 2.28. The Balaban J connectivity index is 1.55. The number of H-pyrrole nitrogens is 1. The minimum absolute atomic E-state index is 0.209. The highest BCUT2D eigenvalue weighted by atomic mass is 79.9. The third-order valence-electron chi connectivity index (χ3n) is 5.18. The topological polar surface area (TPSA) is 83.0 Å². The van der Waals surface area contributed by atoms with Gasteiger partial charge in [0.2, 0.25) is 5.58 Å². The van der Waals surface area contributed by atoms with Crippen LogP contribution >= 0.6 is 27.5 Å². The minimum Gasteiger partial charge on any atom is -0.449 e. The van der Waals surface area contributed by atoms with Crippen LogP contribution in [-0.2, 0) is 0 Å². The number of fused-ring (bicyclic) bond motifs is 3. The molecule has 8 heteroatoms. The van der Waals surface area contributed by atoms with Crippen LogP contribution in [0.4, 0.5) is 5.69 Å². The van der Waals surface area contributed by atoms with Crippen molar-refractivity contribution in [3.8, 4) is 11.4 Å². The van der Waals surface area contributed by atoms with Gasteiger partial charge in [-0.3, -0.25) is 4.79 Å². The average Bonchev–Trinajstić information content (AvgIpc) is 3.07. The molecule has 1 saturated heterocycles. The van der Waals surface area contributed by atoms with Crippen LogP contribution < -0.4 is 16.2 Å². The Morgan fingerprint density at radius 3 is 2.93 bits per heavy atom. The maximum atomic E-state index is 12.6. The van der Waals surface area contributed by atoms with Crippen LogP contribution in [0, 0.1) is 0 Å². The second-order valence-electron chi connectivity index (χ2n) is 7.22. The third-order valence-corrected chi connectivity index (χ3v) is 5.98. The molecule has 2 aromatic heterocycles. The quantitative estimate of drug-likeness (QED) is 0.393. The van der Waals surface area contributed by atoms with Crippen LogP contribution in [0.25, 0.3) is 33.5 Å². The molecule has 1 aliphatic heterocycles. The summed E-state index contributed by atoms with van der Waals surface area (Å²) in [6, 6.07) is 11.7. The number of hydrogen-bond donors (Lipinski definition) is 3. The lowest BCUT2D eigenvalue weighted by molar-refractivity contribution is 0.480. The Labute approximate surface area is 179 Å². The van der Waals surface area contributed by atoms with Crippen LogP contribution in [0.3, 0.4) is 0 Å². The number of benzene rings is 2. The fraction of sp³-hybridized carbons (Fsp3) is 0.238. The van der Waals surface area contributed by atoms with E-state index in [2.05, 4.69) is 36.5 Å². The van der Waals surface area contributed by atoms with Gasteiger partial charge in [-0.15, -0.1) is 0 Å². The van der Waals surface area contributed by atoms with E-state index in [1.54, 1.807) is 0 Å². The van der Waals surface area contributed by atoms with Gasteiger partial charge in [0.05, 0.1) is 5.02 Å². The molecule has 1 unspecified atom stereocenters. The van der Waals surface area contributed by atoms with Crippen molar-refractivity contribution in [3.05, 3.63) is 56.2 Å². The highest BCUT2D eigenvalue weighted by molar-refractivity contribution is 9.10. The van der Waals surface area contributed by atoms with Crippen LogP contribution in [0.2, 0.25) is 5.02 Å². The minimum atomic E-state index is -0.330. The molecule has 1 aliphatic rings. The highest BCUT2D eigenvalue weighted by Gasteiger charge is 2.17. The number of halogens is 2. The zero-order valence-corrected chi connectivity index (χ0v) is 17.7. The van der Waals surface area contributed by atoms with Crippen LogP contribution in [0.15, 0.2) is 50.1 Å². The molecule has 0 aliphatic carbocycles. The number of nitrogens with one attached hydrogen (secondary N) is 3. The summed E-state index contributed by atoms with van der Waals surface area (Å²) in [5.74, 6) is 0.418. The van der Waals surface area contributed by atoms with E-state index < -0.39 is 0 Å². The monoisotopic (exact) mass is 472 g/mol. The van der Waals surface area contributed by atoms with Crippen LogP contribution in [-0.4, -0.2) is 29.1 Å². The molecule has 2 aromatic carbocycles. The van der Waals surface area contributed by atoms with E-state index >= 15 is 0 Å². The van der Waals surface area contributed by atoms with Crippen molar-refractivity contribution in [2.45, 2.75) is 18.9 Å². The van der Waals surface area contributed by atoms with E-state index in [1.807, 2.05) is 36.4 Å². The molecular formula is C21H18BrClN4O2. The predicted molar refractivity (Wildman–Crippen MR) is 120 cm³/mol. The lowest BCUT2D eigenvalue weighted by Crippen LogP contribution is -2.38. The van der Waals surface area contributed by atoms with E-state index in [1.165, 1.54) is 0 Å². The van der Waals surface area contributed by atoms with Gasteiger partial charge < -0.3 is 20.0 Å². The smallest absolute Gasteiger partial charge is 0.294 e. The lowest BCUT2D eigenvalue weighted by Gasteiger charge is -2.25. The third kappa shape index (κ3) is 3.54. The fourth-order valence-corrected chi connectivity index (χ4v) is 4.39. The maximum absolute atomic E-state index is 12.6. The predicted octanol–water partition coefficient (Wildman–Crippen LogP) is 4.92. The number of piperidine rings is 1. The van der Waals surface area contributed by atoms with Gasteiger partial charge in [0.25, 0.3) is 5.56 Å². The second-order valence-corrected chi connectivity index (χ2v) is 8.54. The van der Waals surface area contributed by atoms with Gasteiger partial charge in [0.1, 0.15) is 16.9 Å². The maximum Gasteiger partial charge on any atom is 0.294 e. The van der Waals surface area contributed by atoms with Gasteiger partial charge in [0.15, 0.2) is 0 Å². The molecule has 3 N–H and O–H groups in total. The SMILES string of the molecule is O=c1[nH]c(-c2ccc(NC3CCCNC3)cc2Cl)nc2c1oc1ccc(Br)cc12. The Morgan fingerprint density at radius 2 is 2.14 bits per heavy atom. The summed E-state index contributed by atoms with van der Waals surface area (Å²) >= 11 is 10.0. The van der Waals surface area contributed by atoms with Crippen molar-refractivity contribution in [1.29, 1.82) is 0 Å². The van der Waals surface area contributed by atoms with Crippen molar-refractivity contribution in [1.82, 2.24) is 15.3 Å². The summed E-state index contributed by atoms with van der Waals surface area (Å²) in [7, 11) is 0. The molecule has 5 rings (SSSR count). The summed E-state index contributed by atoms with van der Waals surface area (Å²) in [5.41, 5.74) is 2.64. The van der Waals surface area contributed by atoms with Crippen molar-refractivity contribution >= 4 is 55.3 Å². The number of hydrogen-bond acceptors (Lipinski definition) is 5. The van der Waals surface area contributed by atoms with Gasteiger partial charge in [-0.1, -0.05) is 27.5 Å². The molecular weight excluding hydrogens is 456 g/mol. The first-order valence-electron chi connectivity index (χ1n) is 9.48. The largest absolute Gasteiger partial charge is 0.449 e. The van der Waals surface area contributed by atoms with Gasteiger partial charge >= 0.3 is 0 Å². The highest BCUT2D eigenvalue weighted by Crippen LogP contribution is 2.32. The molecule has 3 heterocycles. The zero-order valence-electron chi connectivity index (χ0n) is 15.4. The lowest BCUT2D eigenvalue weighted by atomic mass is 10.1. The first-order chi connectivity index (χ1) is 14.1. The Kier molecular flexibility index (Phi) is 4.81. The number of furan rings is 1. The normalized spacial score (nSPS) is 17.1. The molecule has 0 amide bonds. The number of aromatic amines is 1. The van der Waals surface area contributed by atoms with Gasteiger partial charge in [0, 0.05) is 33.7 Å². The number of rotatable bonds is 3. The Hall–Kier alpha value is -2.35. The molecule has 4 aromatic rings. The van der Waals surface area contributed by atoms with Crippen molar-refractivity contribution in [2.75, 3.05) is 18.4 Å². The van der Waals surface area contributed by atoms with E-state index in [9.17, 15) is 4.79 Å². The number of aromatic nitrogens is 2. The van der Waals surface area contributed by atoms with Crippen LogP contribution in [0.1, 0.15) is 12.8 Å². The van der Waals surface area contributed by atoms with Crippen molar-refractivity contribution in [2.24, 2.45) is 0 Å². The molecule has 0 radical (unpaired) electrons. The molecule has 29 heavy (non-hydrogen) atoms.